The zero-order valence-electron chi connectivity index (χ0n) is 15.3. The summed E-state index contributed by atoms with van der Waals surface area (Å²) in [6.45, 7) is 4.66. The number of aryl methyl sites for hydroxylation is 1. The molecule has 5 heterocycles. The molecule has 138 valence electrons. The van der Waals surface area contributed by atoms with Gasteiger partial charge in [-0.3, -0.25) is 15.0 Å². The molecule has 0 aliphatic carbocycles. The van der Waals surface area contributed by atoms with Crippen LogP contribution < -0.4 is 4.90 Å². The van der Waals surface area contributed by atoms with Crippen molar-refractivity contribution in [3.05, 3.63) is 53.2 Å². The predicted molar refractivity (Wildman–Crippen MR) is 105 cm³/mol. The van der Waals surface area contributed by atoms with E-state index in [1.807, 2.05) is 24.5 Å². The average molecular weight is 379 g/mol. The topological polar surface area (TPSA) is 64.0 Å². The Kier molecular flexibility index (Phi) is 4.13. The van der Waals surface area contributed by atoms with Crippen molar-refractivity contribution < 1.29 is 4.74 Å². The molecule has 1 spiro atoms. The van der Waals surface area contributed by atoms with Crippen LogP contribution in [0.3, 0.4) is 0 Å². The lowest BCUT2D eigenvalue weighted by molar-refractivity contribution is -0.0757. The van der Waals surface area contributed by atoms with Crippen molar-refractivity contribution in [2.24, 2.45) is 0 Å². The molecule has 1 saturated heterocycles. The van der Waals surface area contributed by atoms with Gasteiger partial charge in [-0.2, -0.15) is 0 Å². The number of piperidine rings is 1. The zero-order valence-corrected chi connectivity index (χ0v) is 16.1. The zero-order chi connectivity index (χ0) is 18.3. The summed E-state index contributed by atoms with van der Waals surface area (Å²) in [5.41, 5.74) is 3.10. The molecule has 2 aliphatic heterocycles. The molecule has 0 N–H and O–H groups in total. The van der Waals surface area contributed by atoms with Crippen molar-refractivity contribution in [2.75, 3.05) is 24.6 Å². The largest absolute Gasteiger partial charge is 0.370 e. The molecule has 2 aliphatic rings. The van der Waals surface area contributed by atoms with Crippen LogP contribution in [0.5, 0.6) is 0 Å². The van der Waals surface area contributed by atoms with Crippen molar-refractivity contribution >= 4 is 17.2 Å². The summed E-state index contributed by atoms with van der Waals surface area (Å²) < 4.78 is 6.40. The van der Waals surface area contributed by atoms with Crippen LogP contribution in [0.4, 0.5) is 5.82 Å². The van der Waals surface area contributed by atoms with E-state index in [2.05, 4.69) is 30.9 Å². The quantitative estimate of drug-likeness (QED) is 0.680. The summed E-state index contributed by atoms with van der Waals surface area (Å²) in [4.78, 5) is 22.6. The van der Waals surface area contributed by atoms with Gasteiger partial charge in [0.2, 0.25) is 0 Å². The van der Waals surface area contributed by atoms with Crippen LogP contribution in [0.2, 0.25) is 0 Å². The molecular weight excluding hydrogens is 358 g/mol. The van der Waals surface area contributed by atoms with Gasteiger partial charge in [-0.1, -0.05) is 0 Å². The molecule has 0 saturated carbocycles. The third-order valence-electron chi connectivity index (χ3n) is 5.55. The highest BCUT2D eigenvalue weighted by atomic mass is 32.1. The van der Waals surface area contributed by atoms with Crippen LogP contribution in [0.1, 0.15) is 29.0 Å². The molecule has 0 bridgehead atoms. The van der Waals surface area contributed by atoms with E-state index in [1.165, 1.54) is 15.3 Å². The lowest BCUT2D eigenvalue weighted by Crippen LogP contribution is -2.46. The van der Waals surface area contributed by atoms with Crippen LogP contribution >= 0.6 is 11.3 Å². The summed E-state index contributed by atoms with van der Waals surface area (Å²) in [6, 6.07) is 2.28. The lowest BCUT2D eigenvalue weighted by Gasteiger charge is -2.44. The Morgan fingerprint density at radius 1 is 1.07 bits per heavy atom. The fraction of sp³-hybridized carbons (Fsp3) is 0.400. The summed E-state index contributed by atoms with van der Waals surface area (Å²) in [5.74, 6) is 0.994. The number of rotatable bonds is 2. The fourth-order valence-corrected chi connectivity index (χ4v) is 5.37. The summed E-state index contributed by atoms with van der Waals surface area (Å²) in [5, 5.41) is 0. The second-order valence-electron chi connectivity index (χ2n) is 7.08. The highest BCUT2D eigenvalue weighted by Gasteiger charge is 2.42. The van der Waals surface area contributed by atoms with E-state index in [0.29, 0.717) is 0 Å². The monoisotopic (exact) mass is 379 g/mol. The number of fused-ring (bicyclic) bond motifs is 2. The Labute approximate surface area is 162 Å². The Bertz CT molecular complexity index is 950. The SMILES string of the molecule is Cc1nccnc1N1CCC2(CC1)OCCc1sc(-c3cnccn3)cc12. The maximum absolute atomic E-state index is 6.40. The first-order valence-electron chi connectivity index (χ1n) is 9.31. The number of thiophene rings is 1. The third-order valence-corrected chi connectivity index (χ3v) is 6.77. The molecule has 7 heteroatoms. The fourth-order valence-electron chi connectivity index (χ4n) is 4.17. The smallest absolute Gasteiger partial charge is 0.150 e. The number of hydrogen-bond acceptors (Lipinski definition) is 7. The molecule has 0 atom stereocenters. The first-order valence-corrected chi connectivity index (χ1v) is 10.1. The second-order valence-corrected chi connectivity index (χ2v) is 8.22. The predicted octanol–water partition coefficient (Wildman–Crippen LogP) is 3.37. The van der Waals surface area contributed by atoms with E-state index in [9.17, 15) is 0 Å². The van der Waals surface area contributed by atoms with Gasteiger partial charge in [0.15, 0.2) is 0 Å². The van der Waals surface area contributed by atoms with E-state index in [-0.39, 0.29) is 5.60 Å². The highest BCUT2D eigenvalue weighted by molar-refractivity contribution is 7.15. The number of hydrogen-bond donors (Lipinski definition) is 0. The molecule has 0 radical (unpaired) electrons. The highest BCUT2D eigenvalue weighted by Crippen LogP contribution is 2.46. The van der Waals surface area contributed by atoms with Gasteiger partial charge in [-0.15, -0.1) is 11.3 Å². The Morgan fingerprint density at radius 2 is 1.89 bits per heavy atom. The molecular formula is C20H21N5OS. The van der Waals surface area contributed by atoms with Gasteiger partial charge in [0.1, 0.15) is 5.82 Å². The summed E-state index contributed by atoms with van der Waals surface area (Å²) >= 11 is 1.84. The van der Waals surface area contributed by atoms with Crippen LogP contribution in [-0.2, 0) is 16.8 Å². The number of aromatic nitrogens is 4. The molecule has 1 fully saturated rings. The van der Waals surface area contributed by atoms with E-state index in [1.54, 1.807) is 24.8 Å². The lowest BCUT2D eigenvalue weighted by atomic mass is 9.82. The van der Waals surface area contributed by atoms with Gasteiger partial charge in [-0.25, -0.2) is 4.98 Å². The van der Waals surface area contributed by atoms with Crippen molar-refractivity contribution in [2.45, 2.75) is 31.8 Å². The minimum absolute atomic E-state index is 0.183. The minimum atomic E-state index is -0.183. The minimum Gasteiger partial charge on any atom is -0.370 e. The van der Waals surface area contributed by atoms with E-state index in [4.69, 9.17) is 4.74 Å². The molecule has 3 aromatic heterocycles. The van der Waals surface area contributed by atoms with Crippen molar-refractivity contribution in [1.82, 2.24) is 19.9 Å². The Morgan fingerprint density at radius 3 is 2.67 bits per heavy atom. The molecule has 27 heavy (non-hydrogen) atoms. The second kappa shape index (κ2) is 6.65. The molecule has 3 aromatic rings. The third kappa shape index (κ3) is 2.91. The van der Waals surface area contributed by atoms with Gasteiger partial charge < -0.3 is 9.64 Å². The number of anilines is 1. The van der Waals surface area contributed by atoms with Gasteiger partial charge in [-0.05, 0) is 31.4 Å². The summed E-state index contributed by atoms with van der Waals surface area (Å²) in [6.07, 6.45) is 11.7. The van der Waals surface area contributed by atoms with Crippen LogP contribution in [0.25, 0.3) is 10.6 Å². The Hall–Kier alpha value is -2.38. The van der Waals surface area contributed by atoms with Crippen LogP contribution in [0.15, 0.2) is 37.1 Å². The van der Waals surface area contributed by atoms with Crippen molar-refractivity contribution in [1.29, 1.82) is 0 Å². The number of nitrogens with zero attached hydrogens (tertiary/aromatic N) is 5. The molecule has 0 aromatic carbocycles. The van der Waals surface area contributed by atoms with Crippen LogP contribution in [0, 0.1) is 6.92 Å². The average Bonchev–Trinajstić information content (AvgIpc) is 3.16. The molecule has 0 amide bonds. The van der Waals surface area contributed by atoms with E-state index >= 15 is 0 Å². The van der Waals surface area contributed by atoms with E-state index in [0.717, 1.165) is 56.2 Å². The van der Waals surface area contributed by atoms with Gasteiger partial charge in [0.05, 0.1) is 34.7 Å². The van der Waals surface area contributed by atoms with Gasteiger partial charge in [0, 0.05) is 49.2 Å². The normalized spacial score (nSPS) is 18.5. The Balaban J connectivity index is 1.43. The van der Waals surface area contributed by atoms with Crippen molar-refractivity contribution in [3.8, 4) is 10.6 Å². The first kappa shape index (κ1) is 16.8. The molecule has 5 rings (SSSR count). The van der Waals surface area contributed by atoms with Gasteiger partial charge >= 0.3 is 0 Å². The van der Waals surface area contributed by atoms with Crippen molar-refractivity contribution in [3.63, 3.8) is 0 Å². The summed E-state index contributed by atoms with van der Waals surface area (Å²) in [7, 11) is 0. The van der Waals surface area contributed by atoms with Crippen LogP contribution in [-0.4, -0.2) is 39.6 Å². The molecule has 6 nitrogen and oxygen atoms in total. The van der Waals surface area contributed by atoms with Gasteiger partial charge in [0.25, 0.3) is 0 Å². The standard InChI is InChI=1S/C20H21N5OS/c1-14-19(24-8-7-22-14)25-9-3-20(4-10-25)15-12-18(16-13-21-5-6-23-16)27-17(15)2-11-26-20/h5-8,12-13H,2-4,9-11H2,1H3. The maximum atomic E-state index is 6.40. The first-order chi connectivity index (χ1) is 13.3. The number of ether oxygens (including phenoxy) is 1. The van der Waals surface area contributed by atoms with E-state index < -0.39 is 0 Å². The maximum Gasteiger partial charge on any atom is 0.150 e. The molecule has 0 unspecified atom stereocenters.